The van der Waals surface area contributed by atoms with Crippen LogP contribution in [0.2, 0.25) is 0 Å². The minimum Gasteiger partial charge on any atom is -0.465 e. The fourth-order valence-corrected chi connectivity index (χ4v) is 1.30. The summed E-state index contributed by atoms with van der Waals surface area (Å²) in [5.74, 6) is -0.515. The van der Waals surface area contributed by atoms with Gasteiger partial charge in [-0.25, -0.2) is 0 Å². The zero-order valence-electron chi connectivity index (χ0n) is 14.0. The molecule has 5 nitrogen and oxygen atoms in total. The summed E-state index contributed by atoms with van der Waals surface area (Å²) in [6.07, 6.45) is 1.82. The zero-order valence-corrected chi connectivity index (χ0v) is 14.0. The average molecular weight is 302 g/mol. The molecule has 0 bridgehead atoms. The van der Waals surface area contributed by atoms with Crippen molar-refractivity contribution < 1.29 is 24.2 Å². The van der Waals surface area contributed by atoms with E-state index in [1.165, 1.54) is 0 Å². The van der Waals surface area contributed by atoms with Gasteiger partial charge in [0.2, 0.25) is 0 Å². The lowest BCUT2D eigenvalue weighted by Gasteiger charge is -2.20. The van der Waals surface area contributed by atoms with Crippen LogP contribution in [0.1, 0.15) is 60.3 Å². The first-order chi connectivity index (χ1) is 9.56. The second-order valence-electron chi connectivity index (χ2n) is 7.41. The maximum absolute atomic E-state index is 11.5. The smallest absolute Gasteiger partial charge is 0.305 e. The third-order valence-corrected chi connectivity index (χ3v) is 2.73. The van der Waals surface area contributed by atoms with Crippen LogP contribution in [-0.2, 0) is 19.1 Å². The monoisotopic (exact) mass is 302 g/mol. The van der Waals surface area contributed by atoms with Crippen LogP contribution in [0.5, 0.6) is 0 Å². The summed E-state index contributed by atoms with van der Waals surface area (Å²) in [4.78, 5) is 23.0. The maximum atomic E-state index is 11.5. The molecule has 21 heavy (non-hydrogen) atoms. The molecule has 124 valence electrons. The molecule has 0 aliphatic rings. The maximum Gasteiger partial charge on any atom is 0.305 e. The van der Waals surface area contributed by atoms with Gasteiger partial charge in [-0.2, -0.15) is 0 Å². The Balaban J connectivity index is 3.67. The number of hydrogen-bond acceptors (Lipinski definition) is 5. The van der Waals surface area contributed by atoms with Crippen molar-refractivity contribution in [1.29, 1.82) is 0 Å². The first-order valence-electron chi connectivity index (χ1n) is 7.48. The lowest BCUT2D eigenvalue weighted by atomic mass is 9.97. The Morgan fingerprint density at radius 1 is 0.857 bits per heavy atom. The van der Waals surface area contributed by atoms with Crippen LogP contribution in [0, 0.1) is 10.8 Å². The molecule has 0 radical (unpaired) electrons. The summed E-state index contributed by atoms with van der Waals surface area (Å²) >= 11 is 0. The Labute approximate surface area is 128 Å². The van der Waals surface area contributed by atoms with E-state index in [0.717, 1.165) is 0 Å². The first kappa shape index (κ1) is 19.9. The van der Waals surface area contributed by atoms with Gasteiger partial charge in [0.05, 0.1) is 19.8 Å². The summed E-state index contributed by atoms with van der Waals surface area (Å²) in [5, 5.41) is 9.05. The largest absolute Gasteiger partial charge is 0.465 e. The van der Waals surface area contributed by atoms with Crippen molar-refractivity contribution >= 4 is 11.9 Å². The highest BCUT2D eigenvalue weighted by Gasteiger charge is 2.19. The number of aliphatic hydroxyl groups excluding tert-OH is 1. The molecule has 5 heteroatoms. The van der Waals surface area contributed by atoms with Gasteiger partial charge in [0.25, 0.3) is 0 Å². The van der Waals surface area contributed by atoms with E-state index in [0.29, 0.717) is 25.9 Å². The molecule has 0 saturated heterocycles. The summed E-state index contributed by atoms with van der Waals surface area (Å²) in [6.45, 7) is 10.2. The number of aliphatic hydroxyl groups is 1. The van der Waals surface area contributed by atoms with E-state index in [1.807, 2.05) is 34.6 Å². The molecule has 0 aromatic rings. The summed E-state index contributed by atoms with van der Waals surface area (Å²) in [6, 6.07) is 0. The van der Waals surface area contributed by atoms with Crippen molar-refractivity contribution in [2.75, 3.05) is 19.8 Å². The van der Waals surface area contributed by atoms with E-state index in [2.05, 4.69) is 0 Å². The van der Waals surface area contributed by atoms with Crippen molar-refractivity contribution in [3.63, 3.8) is 0 Å². The fourth-order valence-electron chi connectivity index (χ4n) is 1.30. The van der Waals surface area contributed by atoms with Gasteiger partial charge in [0, 0.05) is 18.3 Å². The quantitative estimate of drug-likeness (QED) is 0.523. The Morgan fingerprint density at radius 2 is 1.29 bits per heavy atom. The molecule has 0 amide bonds. The molecule has 0 aliphatic carbocycles. The number of ether oxygens (including phenoxy) is 2. The standard InChI is InChI=1S/C16H30O5/c1-15(2,3)11-20-13(18)8-6-7-9-14(19)21-12-16(4,5)10-17/h17H,6-12H2,1-5H3. The SMILES string of the molecule is CC(C)(C)COC(=O)CCCCC(=O)OCC(C)(C)CO. The number of carbonyl (C=O) groups excluding carboxylic acids is 2. The topological polar surface area (TPSA) is 72.8 Å². The van der Waals surface area contributed by atoms with Crippen molar-refractivity contribution in [3.05, 3.63) is 0 Å². The number of rotatable bonds is 9. The molecule has 0 unspecified atom stereocenters. The number of esters is 2. The molecule has 0 saturated carbocycles. The van der Waals surface area contributed by atoms with Crippen molar-refractivity contribution in [2.24, 2.45) is 10.8 Å². The third-order valence-electron chi connectivity index (χ3n) is 2.73. The molecule has 0 spiro atoms. The second-order valence-corrected chi connectivity index (χ2v) is 7.41. The highest BCUT2D eigenvalue weighted by atomic mass is 16.5. The number of carbonyl (C=O) groups is 2. The van der Waals surface area contributed by atoms with E-state index in [-0.39, 0.29) is 37.0 Å². The van der Waals surface area contributed by atoms with Crippen molar-refractivity contribution in [2.45, 2.75) is 60.3 Å². The number of hydrogen-bond donors (Lipinski definition) is 1. The van der Waals surface area contributed by atoms with Gasteiger partial charge in [0.1, 0.15) is 0 Å². The Bertz CT molecular complexity index is 328. The second kappa shape index (κ2) is 9.03. The van der Waals surface area contributed by atoms with E-state index < -0.39 is 5.41 Å². The normalized spacial score (nSPS) is 12.1. The average Bonchev–Trinajstić information content (AvgIpc) is 2.38. The molecule has 0 rings (SSSR count). The van der Waals surface area contributed by atoms with Crippen LogP contribution < -0.4 is 0 Å². The van der Waals surface area contributed by atoms with Crippen LogP contribution in [0.25, 0.3) is 0 Å². The minimum absolute atomic E-state index is 0.0279. The van der Waals surface area contributed by atoms with Gasteiger partial charge in [-0.15, -0.1) is 0 Å². The lowest BCUT2D eigenvalue weighted by molar-refractivity contribution is -0.149. The van der Waals surface area contributed by atoms with Crippen molar-refractivity contribution in [3.8, 4) is 0 Å². The molecule has 0 fully saturated rings. The third kappa shape index (κ3) is 12.4. The Morgan fingerprint density at radius 3 is 1.67 bits per heavy atom. The highest BCUT2D eigenvalue weighted by Crippen LogP contribution is 2.15. The summed E-state index contributed by atoms with van der Waals surface area (Å²) < 4.78 is 10.2. The van der Waals surface area contributed by atoms with Gasteiger partial charge >= 0.3 is 11.9 Å². The van der Waals surface area contributed by atoms with Crippen molar-refractivity contribution in [1.82, 2.24) is 0 Å². The summed E-state index contributed by atoms with van der Waals surface area (Å²) in [5.41, 5.74) is -0.439. The molecule has 0 aromatic carbocycles. The zero-order chi connectivity index (χ0) is 16.5. The molecule has 0 atom stereocenters. The Hall–Kier alpha value is -1.10. The minimum atomic E-state index is -0.410. The number of unbranched alkanes of at least 4 members (excludes halogenated alkanes) is 1. The fraction of sp³-hybridized carbons (Fsp3) is 0.875. The molecule has 0 aliphatic heterocycles. The van der Waals surface area contributed by atoms with E-state index in [1.54, 1.807) is 0 Å². The summed E-state index contributed by atoms with van der Waals surface area (Å²) in [7, 11) is 0. The molecule has 1 N–H and O–H groups in total. The molecule has 0 aromatic heterocycles. The Kier molecular flexibility index (Phi) is 8.55. The molecule has 0 heterocycles. The van der Waals surface area contributed by atoms with Gasteiger partial charge < -0.3 is 14.6 Å². The lowest BCUT2D eigenvalue weighted by Crippen LogP contribution is -2.25. The van der Waals surface area contributed by atoms with Crippen LogP contribution >= 0.6 is 0 Å². The van der Waals surface area contributed by atoms with Gasteiger partial charge in [-0.3, -0.25) is 9.59 Å². The van der Waals surface area contributed by atoms with E-state index >= 15 is 0 Å². The predicted molar refractivity (Wildman–Crippen MR) is 80.7 cm³/mol. The predicted octanol–water partition coefficient (Wildman–Crippen LogP) is 2.70. The van der Waals surface area contributed by atoms with Crippen LogP contribution in [0.3, 0.4) is 0 Å². The van der Waals surface area contributed by atoms with Crippen LogP contribution in [-0.4, -0.2) is 36.9 Å². The molecular formula is C16H30O5. The van der Waals surface area contributed by atoms with Crippen LogP contribution in [0.4, 0.5) is 0 Å². The highest BCUT2D eigenvalue weighted by molar-refractivity contribution is 5.70. The first-order valence-corrected chi connectivity index (χ1v) is 7.48. The molecular weight excluding hydrogens is 272 g/mol. The van der Waals surface area contributed by atoms with Gasteiger partial charge in [0.15, 0.2) is 0 Å². The van der Waals surface area contributed by atoms with Crippen LogP contribution in [0.15, 0.2) is 0 Å². The van der Waals surface area contributed by atoms with Gasteiger partial charge in [-0.05, 0) is 18.3 Å². The van der Waals surface area contributed by atoms with E-state index in [9.17, 15) is 9.59 Å². The van der Waals surface area contributed by atoms with Gasteiger partial charge in [-0.1, -0.05) is 34.6 Å². The van der Waals surface area contributed by atoms with E-state index in [4.69, 9.17) is 14.6 Å².